The molecule has 0 spiro atoms. The molecule has 0 bridgehead atoms. The maximum atomic E-state index is 11.7. The van der Waals surface area contributed by atoms with E-state index in [9.17, 15) is 14.4 Å². The van der Waals surface area contributed by atoms with Crippen molar-refractivity contribution in [3.8, 4) is 0 Å². The van der Waals surface area contributed by atoms with Gasteiger partial charge in [0.1, 0.15) is 13.1 Å². The third-order valence-corrected chi connectivity index (χ3v) is 2.44. The molecular formula is C9H15N3O3. The summed E-state index contributed by atoms with van der Waals surface area (Å²) in [5.41, 5.74) is 5.58. The number of carbonyl (C=O) groups excluding carboxylic acids is 3. The monoisotopic (exact) mass is 213 g/mol. The van der Waals surface area contributed by atoms with Crippen LogP contribution in [0.2, 0.25) is 0 Å². The number of piperazine rings is 1. The second-order valence-corrected chi connectivity index (χ2v) is 3.81. The van der Waals surface area contributed by atoms with Crippen molar-refractivity contribution in [3.63, 3.8) is 0 Å². The summed E-state index contributed by atoms with van der Waals surface area (Å²) in [6, 6.07) is -0.294. The van der Waals surface area contributed by atoms with Crippen molar-refractivity contribution in [3.05, 3.63) is 0 Å². The number of amides is 3. The van der Waals surface area contributed by atoms with Gasteiger partial charge in [0.05, 0.1) is 5.92 Å². The van der Waals surface area contributed by atoms with E-state index in [-0.39, 0.29) is 31.0 Å². The zero-order chi connectivity index (χ0) is 11.6. The summed E-state index contributed by atoms with van der Waals surface area (Å²) in [5, 5.41) is 2.13. The molecule has 1 fully saturated rings. The summed E-state index contributed by atoms with van der Waals surface area (Å²) in [6.07, 6.45) is 0. The van der Waals surface area contributed by atoms with Crippen LogP contribution in [0.1, 0.15) is 13.8 Å². The van der Waals surface area contributed by atoms with Crippen molar-refractivity contribution in [1.29, 1.82) is 0 Å². The third kappa shape index (κ3) is 2.76. The fourth-order valence-electron chi connectivity index (χ4n) is 1.31. The number of imide groups is 1. The van der Waals surface area contributed by atoms with E-state index in [2.05, 4.69) is 5.32 Å². The molecule has 84 valence electrons. The molecule has 3 amide bonds. The highest BCUT2D eigenvalue weighted by molar-refractivity contribution is 6.02. The molecule has 15 heavy (non-hydrogen) atoms. The summed E-state index contributed by atoms with van der Waals surface area (Å²) in [5.74, 6) is -1.54. The van der Waals surface area contributed by atoms with Crippen LogP contribution in [0.15, 0.2) is 0 Å². The van der Waals surface area contributed by atoms with Gasteiger partial charge in [-0.1, -0.05) is 6.92 Å². The van der Waals surface area contributed by atoms with Gasteiger partial charge in [0, 0.05) is 6.04 Å². The zero-order valence-electron chi connectivity index (χ0n) is 8.82. The van der Waals surface area contributed by atoms with Gasteiger partial charge in [-0.2, -0.15) is 0 Å². The Morgan fingerprint density at radius 2 is 1.80 bits per heavy atom. The van der Waals surface area contributed by atoms with Gasteiger partial charge in [-0.15, -0.1) is 0 Å². The van der Waals surface area contributed by atoms with E-state index in [1.54, 1.807) is 13.8 Å². The molecule has 2 atom stereocenters. The second kappa shape index (κ2) is 4.39. The lowest BCUT2D eigenvalue weighted by atomic mass is 10.0. The van der Waals surface area contributed by atoms with Gasteiger partial charge in [0.15, 0.2) is 0 Å². The molecule has 0 aromatic carbocycles. The summed E-state index contributed by atoms with van der Waals surface area (Å²) in [6.45, 7) is 3.27. The lowest BCUT2D eigenvalue weighted by molar-refractivity contribution is -0.147. The average Bonchev–Trinajstić information content (AvgIpc) is 2.13. The van der Waals surface area contributed by atoms with Gasteiger partial charge in [0.2, 0.25) is 17.7 Å². The topological polar surface area (TPSA) is 92.5 Å². The smallest absolute Gasteiger partial charge is 0.246 e. The van der Waals surface area contributed by atoms with E-state index in [4.69, 9.17) is 5.73 Å². The van der Waals surface area contributed by atoms with E-state index in [0.29, 0.717) is 0 Å². The van der Waals surface area contributed by atoms with Gasteiger partial charge >= 0.3 is 0 Å². The van der Waals surface area contributed by atoms with Crippen LogP contribution in [-0.4, -0.2) is 41.8 Å². The number of nitrogens with one attached hydrogen (secondary N) is 1. The Balaban J connectivity index is 2.67. The van der Waals surface area contributed by atoms with Crippen LogP contribution >= 0.6 is 0 Å². The molecule has 2 unspecified atom stereocenters. The molecule has 0 aromatic heterocycles. The van der Waals surface area contributed by atoms with Crippen molar-refractivity contribution < 1.29 is 14.4 Å². The first kappa shape index (κ1) is 11.6. The second-order valence-electron chi connectivity index (χ2n) is 3.81. The van der Waals surface area contributed by atoms with Gasteiger partial charge in [0.25, 0.3) is 0 Å². The molecule has 0 radical (unpaired) electrons. The summed E-state index contributed by atoms with van der Waals surface area (Å²) >= 11 is 0. The Hall–Kier alpha value is -1.43. The predicted molar refractivity (Wildman–Crippen MR) is 52.5 cm³/mol. The lowest BCUT2D eigenvalue weighted by Crippen LogP contribution is -2.55. The quantitative estimate of drug-likeness (QED) is 0.543. The van der Waals surface area contributed by atoms with E-state index >= 15 is 0 Å². The molecule has 1 heterocycles. The number of hydrogen-bond donors (Lipinski definition) is 2. The zero-order valence-corrected chi connectivity index (χ0v) is 8.82. The van der Waals surface area contributed by atoms with Crippen LogP contribution in [0, 0.1) is 5.92 Å². The third-order valence-electron chi connectivity index (χ3n) is 2.44. The minimum atomic E-state index is -0.448. The number of hydrogen-bond acceptors (Lipinski definition) is 4. The van der Waals surface area contributed by atoms with Crippen molar-refractivity contribution in [2.75, 3.05) is 13.1 Å². The van der Waals surface area contributed by atoms with Gasteiger partial charge < -0.3 is 10.6 Å². The minimum Gasteiger partial charge on any atom is -0.327 e. The highest BCUT2D eigenvalue weighted by atomic mass is 16.2. The van der Waals surface area contributed by atoms with Gasteiger partial charge in [-0.05, 0) is 6.92 Å². The number of nitrogens with zero attached hydrogens (tertiary/aromatic N) is 1. The Labute approximate surface area is 87.8 Å². The van der Waals surface area contributed by atoms with Crippen LogP contribution < -0.4 is 11.1 Å². The van der Waals surface area contributed by atoms with Crippen LogP contribution in [0.5, 0.6) is 0 Å². The summed E-state index contributed by atoms with van der Waals surface area (Å²) in [7, 11) is 0. The average molecular weight is 213 g/mol. The van der Waals surface area contributed by atoms with Crippen molar-refractivity contribution in [2.45, 2.75) is 19.9 Å². The first-order chi connectivity index (χ1) is 6.91. The van der Waals surface area contributed by atoms with Crippen LogP contribution in [-0.2, 0) is 14.4 Å². The maximum absolute atomic E-state index is 11.7. The Morgan fingerprint density at radius 1 is 1.33 bits per heavy atom. The van der Waals surface area contributed by atoms with E-state index in [0.717, 1.165) is 0 Å². The van der Waals surface area contributed by atoms with Gasteiger partial charge in [-0.25, -0.2) is 0 Å². The molecule has 0 saturated carbocycles. The summed E-state index contributed by atoms with van der Waals surface area (Å²) < 4.78 is 0. The fraction of sp³-hybridized carbons (Fsp3) is 0.667. The molecule has 0 aromatic rings. The summed E-state index contributed by atoms with van der Waals surface area (Å²) in [4.78, 5) is 35.0. The molecule has 6 heteroatoms. The normalized spacial score (nSPS) is 20.9. The van der Waals surface area contributed by atoms with Gasteiger partial charge in [-0.3, -0.25) is 19.7 Å². The van der Waals surface area contributed by atoms with Crippen LogP contribution in [0.4, 0.5) is 0 Å². The highest BCUT2D eigenvalue weighted by Crippen LogP contribution is 2.07. The lowest BCUT2D eigenvalue weighted by Gasteiger charge is -2.29. The molecular weight excluding hydrogens is 198 g/mol. The Morgan fingerprint density at radius 3 is 2.20 bits per heavy atom. The Bertz CT molecular complexity index is 285. The van der Waals surface area contributed by atoms with E-state index in [1.165, 1.54) is 4.90 Å². The molecule has 6 nitrogen and oxygen atoms in total. The molecule has 3 N–H and O–H groups in total. The largest absolute Gasteiger partial charge is 0.327 e. The molecule has 1 saturated heterocycles. The van der Waals surface area contributed by atoms with Crippen molar-refractivity contribution in [1.82, 2.24) is 10.2 Å². The molecule has 1 rings (SSSR count). The van der Waals surface area contributed by atoms with Crippen molar-refractivity contribution >= 4 is 17.7 Å². The number of nitrogens with two attached hydrogens (primary N) is 1. The maximum Gasteiger partial charge on any atom is 0.246 e. The highest BCUT2D eigenvalue weighted by Gasteiger charge is 2.30. The van der Waals surface area contributed by atoms with Crippen LogP contribution in [0.25, 0.3) is 0 Å². The SMILES string of the molecule is CC(N)C(C)C(=O)N1CC(=O)NC(=O)C1. The molecule has 0 aliphatic carbocycles. The predicted octanol–water partition coefficient (Wildman–Crippen LogP) is -1.55. The van der Waals surface area contributed by atoms with E-state index < -0.39 is 11.8 Å². The fourth-order valence-corrected chi connectivity index (χ4v) is 1.31. The number of rotatable bonds is 2. The van der Waals surface area contributed by atoms with Crippen molar-refractivity contribution in [2.24, 2.45) is 11.7 Å². The first-order valence-electron chi connectivity index (χ1n) is 4.79. The number of carbonyl (C=O) groups is 3. The van der Waals surface area contributed by atoms with Crippen LogP contribution in [0.3, 0.4) is 0 Å². The molecule has 1 aliphatic heterocycles. The minimum absolute atomic E-state index is 0.0678. The van der Waals surface area contributed by atoms with E-state index in [1.807, 2.05) is 0 Å². The Kier molecular flexibility index (Phi) is 3.41. The first-order valence-corrected chi connectivity index (χ1v) is 4.79. The molecule has 1 aliphatic rings. The standard InChI is InChI=1S/C9H15N3O3/c1-5(6(2)10)9(15)12-3-7(13)11-8(14)4-12/h5-6H,3-4,10H2,1-2H3,(H,11,13,14).